The summed E-state index contributed by atoms with van der Waals surface area (Å²) < 4.78 is 38.4. The molecule has 0 aromatic carbocycles. The molecule has 0 aliphatic carbocycles. The third-order valence-electron chi connectivity index (χ3n) is 7.23. The Bertz CT molecular complexity index is 720. The molecule has 0 radical (unpaired) electrons. The first-order valence-corrected chi connectivity index (χ1v) is 20.2. The molecule has 0 amide bonds. The van der Waals surface area contributed by atoms with Crippen LogP contribution in [0.25, 0.3) is 0 Å². The maximum atomic E-state index is 10.6. The number of methoxy groups -OCH3 is 3. The second-order valence-corrected chi connectivity index (χ2v) is 24.1. The van der Waals surface area contributed by atoms with Gasteiger partial charge in [-0.25, -0.2) is 0 Å². The standard InChI is InChI=1S/C26H51IO7Si2/c1-14-18(28)15-19(33-25-24(31-8)23(30-7)22(29-6)17(2)32-25)20(16-21(27)35(9,10)11)34-36(12,13)26(3,4)5/h14,16-20,22-25,28H,1,15H2,2-13H3/b21-16-/t17-,18?,19-,20+,22-,23+,24+,25-/m0/s1. The monoisotopic (exact) mass is 658 g/mol. The van der Waals surface area contributed by atoms with Crippen LogP contribution in [0.4, 0.5) is 0 Å². The predicted octanol–water partition coefficient (Wildman–Crippen LogP) is 5.69. The van der Waals surface area contributed by atoms with Crippen molar-refractivity contribution in [3.63, 3.8) is 0 Å². The van der Waals surface area contributed by atoms with Crippen molar-refractivity contribution in [3.8, 4) is 0 Å². The van der Waals surface area contributed by atoms with Crippen molar-refractivity contribution >= 4 is 39.0 Å². The highest BCUT2D eigenvalue weighted by Gasteiger charge is 2.48. The lowest BCUT2D eigenvalue weighted by Crippen LogP contribution is -2.60. The van der Waals surface area contributed by atoms with Gasteiger partial charge in [-0.1, -0.05) is 69.1 Å². The molecule has 1 aliphatic rings. The lowest BCUT2D eigenvalue weighted by atomic mass is 9.98. The fourth-order valence-electron chi connectivity index (χ4n) is 3.83. The molecule has 0 aromatic heterocycles. The van der Waals surface area contributed by atoms with E-state index in [9.17, 15) is 5.11 Å². The summed E-state index contributed by atoms with van der Waals surface area (Å²) in [4.78, 5) is 0. The van der Waals surface area contributed by atoms with Gasteiger partial charge in [0.25, 0.3) is 0 Å². The zero-order valence-corrected chi connectivity index (χ0v) is 28.6. The van der Waals surface area contributed by atoms with Gasteiger partial charge in [0.2, 0.25) is 0 Å². The van der Waals surface area contributed by atoms with Crippen molar-refractivity contribution < 1.29 is 33.2 Å². The molecule has 0 aromatic rings. The molecule has 0 bridgehead atoms. The lowest BCUT2D eigenvalue weighted by molar-refractivity contribution is -0.319. The van der Waals surface area contributed by atoms with Gasteiger partial charge < -0.3 is 33.2 Å². The fourth-order valence-corrected chi connectivity index (χ4v) is 6.10. The number of aliphatic hydroxyl groups excluding tert-OH is 1. The SMILES string of the molecule is C=CC(O)C[C@H](O[C@@H]1O[C@@H](C)[C@H](OC)[C@@H](OC)[C@H]1OC)[C@@H](/C=C(/I)[Si](C)(C)C)O[Si](C)(C)C(C)(C)C. The number of aliphatic hydroxyl groups is 1. The summed E-state index contributed by atoms with van der Waals surface area (Å²) in [6.07, 6.45) is 0.198. The fraction of sp³-hybridized carbons (Fsp3) is 0.846. The molecule has 1 heterocycles. The van der Waals surface area contributed by atoms with Crippen LogP contribution in [-0.4, -0.2) is 91.8 Å². The van der Waals surface area contributed by atoms with E-state index in [0.717, 1.165) is 0 Å². The Labute approximate surface area is 235 Å². The molecule has 1 aliphatic heterocycles. The van der Waals surface area contributed by atoms with Crippen LogP contribution in [0.15, 0.2) is 21.9 Å². The highest BCUT2D eigenvalue weighted by atomic mass is 127. The van der Waals surface area contributed by atoms with Crippen LogP contribution < -0.4 is 0 Å². The average Bonchev–Trinajstić information content (AvgIpc) is 2.75. The van der Waals surface area contributed by atoms with E-state index >= 15 is 0 Å². The summed E-state index contributed by atoms with van der Waals surface area (Å²) in [5.74, 6) is 0. The molecule has 8 atom stereocenters. The molecule has 1 unspecified atom stereocenters. The van der Waals surface area contributed by atoms with Gasteiger partial charge in [-0.3, -0.25) is 0 Å². The van der Waals surface area contributed by atoms with Crippen LogP contribution >= 0.6 is 22.6 Å². The van der Waals surface area contributed by atoms with Gasteiger partial charge >= 0.3 is 0 Å². The van der Waals surface area contributed by atoms with Crippen LogP contribution in [0.2, 0.25) is 37.8 Å². The van der Waals surface area contributed by atoms with Gasteiger partial charge in [0.1, 0.15) is 18.3 Å². The molecule has 10 heteroatoms. The van der Waals surface area contributed by atoms with E-state index in [1.807, 2.05) is 6.92 Å². The molecular weight excluding hydrogens is 607 g/mol. The van der Waals surface area contributed by atoms with E-state index in [-0.39, 0.29) is 29.5 Å². The summed E-state index contributed by atoms with van der Waals surface area (Å²) >= 11 is 2.44. The second-order valence-electron chi connectivity index (χ2n) is 12.1. The third kappa shape index (κ3) is 9.23. The zero-order chi connectivity index (χ0) is 28.1. The van der Waals surface area contributed by atoms with E-state index in [2.05, 4.69) is 88.8 Å². The smallest absolute Gasteiger partial charge is 0.193 e. The van der Waals surface area contributed by atoms with Crippen molar-refractivity contribution in [2.24, 2.45) is 0 Å². The van der Waals surface area contributed by atoms with Crippen molar-refractivity contribution in [3.05, 3.63) is 21.9 Å². The summed E-state index contributed by atoms with van der Waals surface area (Å²) in [6.45, 7) is 23.8. The Morgan fingerprint density at radius 3 is 1.97 bits per heavy atom. The Kier molecular flexibility index (Phi) is 13.5. The normalized spacial score (nSPS) is 29.1. The first-order valence-electron chi connectivity index (χ1n) is 12.7. The van der Waals surface area contributed by atoms with Crippen LogP contribution in [0.3, 0.4) is 0 Å². The van der Waals surface area contributed by atoms with Crippen LogP contribution in [0.5, 0.6) is 0 Å². The Morgan fingerprint density at radius 2 is 1.56 bits per heavy atom. The Balaban J connectivity index is 3.52. The van der Waals surface area contributed by atoms with Crippen molar-refractivity contribution in [1.82, 2.24) is 0 Å². The molecule has 1 N–H and O–H groups in total. The highest BCUT2D eigenvalue weighted by molar-refractivity contribution is 14.1. The number of rotatable bonds is 13. The number of halogens is 1. The van der Waals surface area contributed by atoms with E-state index in [0.29, 0.717) is 6.42 Å². The van der Waals surface area contributed by atoms with Crippen molar-refractivity contribution in [2.75, 3.05) is 21.3 Å². The third-order valence-corrected chi connectivity index (χ3v) is 18.5. The summed E-state index contributed by atoms with van der Waals surface area (Å²) in [7, 11) is 1.10. The van der Waals surface area contributed by atoms with Gasteiger partial charge in [0, 0.05) is 27.8 Å². The topological polar surface area (TPSA) is 75.6 Å². The van der Waals surface area contributed by atoms with Crippen LogP contribution in [0.1, 0.15) is 34.1 Å². The van der Waals surface area contributed by atoms with Gasteiger partial charge in [-0.15, -0.1) is 6.58 Å². The minimum atomic E-state index is -2.20. The van der Waals surface area contributed by atoms with Gasteiger partial charge in [-0.05, 0) is 34.3 Å². The van der Waals surface area contributed by atoms with Gasteiger partial charge in [0.05, 0.1) is 32.5 Å². The zero-order valence-electron chi connectivity index (χ0n) is 24.5. The molecule has 1 saturated heterocycles. The molecule has 212 valence electrons. The summed E-state index contributed by atoms with van der Waals surface area (Å²) in [5.41, 5.74) is 0. The first kappa shape index (κ1) is 34.4. The second kappa shape index (κ2) is 14.1. The molecule has 0 saturated carbocycles. The number of hydrogen-bond donors (Lipinski definition) is 1. The van der Waals surface area contributed by atoms with Crippen LogP contribution in [0, 0.1) is 0 Å². The minimum absolute atomic E-state index is 0.00302. The van der Waals surface area contributed by atoms with Gasteiger partial charge in [-0.2, -0.15) is 0 Å². The molecule has 36 heavy (non-hydrogen) atoms. The predicted molar refractivity (Wildman–Crippen MR) is 160 cm³/mol. The molecular formula is C26H51IO7Si2. The maximum absolute atomic E-state index is 10.6. The molecule has 0 spiro atoms. The highest BCUT2D eigenvalue weighted by Crippen LogP contribution is 2.39. The summed E-state index contributed by atoms with van der Waals surface area (Å²) in [5, 5.41) is 10.6. The quantitative estimate of drug-likeness (QED) is 0.155. The minimum Gasteiger partial charge on any atom is -0.408 e. The largest absolute Gasteiger partial charge is 0.408 e. The van der Waals surface area contributed by atoms with Crippen molar-refractivity contribution in [2.45, 2.75) is 121 Å². The van der Waals surface area contributed by atoms with Crippen molar-refractivity contribution in [1.29, 1.82) is 0 Å². The number of hydrogen-bond acceptors (Lipinski definition) is 7. The van der Waals surface area contributed by atoms with Crippen LogP contribution in [-0.2, 0) is 28.1 Å². The summed E-state index contributed by atoms with van der Waals surface area (Å²) in [6, 6.07) is 0. The van der Waals surface area contributed by atoms with E-state index in [1.165, 1.54) is 9.28 Å². The average molecular weight is 659 g/mol. The van der Waals surface area contributed by atoms with E-state index < -0.39 is 41.0 Å². The molecule has 1 fully saturated rings. The lowest BCUT2D eigenvalue weighted by Gasteiger charge is -2.46. The first-order chi connectivity index (χ1) is 16.4. The number of ether oxygens (including phenoxy) is 5. The molecule has 1 rings (SSSR count). The maximum Gasteiger partial charge on any atom is 0.193 e. The van der Waals surface area contributed by atoms with E-state index in [1.54, 1.807) is 21.3 Å². The molecule has 7 nitrogen and oxygen atoms in total. The van der Waals surface area contributed by atoms with Gasteiger partial charge in [0.15, 0.2) is 14.6 Å². The van der Waals surface area contributed by atoms with E-state index in [4.69, 9.17) is 28.1 Å². The Morgan fingerprint density at radius 1 is 1.03 bits per heavy atom. The Hall–Kier alpha value is 0.364.